The van der Waals surface area contributed by atoms with Crippen LogP contribution in [0.4, 0.5) is 0 Å². The predicted octanol–water partition coefficient (Wildman–Crippen LogP) is 5.21. The number of para-hydroxylation sites is 1. The summed E-state index contributed by atoms with van der Waals surface area (Å²) in [5.74, 6) is 1.23. The minimum Gasteiger partial charge on any atom is -0.462 e. The Hall–Kier alpha value is -2.86. The lowest BCUT2D eigenvalue weighted by atomic mass is 9.89. The largest absolute Gasteiger partial charge is 0.462 e. The van der Waals surface area contributed by atoms with Gasteiger partial charge in [0.05, 0.1) is 6.26 Å². The Kier molecular flexibility index (Phi) is 4.28. The van der Waals surface area contributed by atoms with E-state index in [9.17, 15) is 4.79 Å². The molecule has 0 saturated carbocycles. The fourth-order valence-electron chi connectivity index (χ4n) is 4.08. The minimum atomic E-state index is 0.0314. The monoisotopic (exact) mass is 391 g/mol. The van der Waals surface area contributed by atoms with Crippen molar-refractivity contribution in [1.82, 2.24) is 14.9 Å². The normalized spacial score (nSPS) is 15.4. The van der Waals surface area contributed by atoms with Crippen LogP contribution in [0, 0.1) is 6.92 Å². The van der Waals surface area contributed by atoms with E-state index in [1.807, 2.05) is 24.0 Å². The number of nitrogens with zero attached hydrogens (tertiary/aromatic N) is 2. The molecule has 0 bridgehead atoms. The van der Waals surface area contributed by atoms with Gasteiger partial charge in [0.25, 0.3) is 5.91 Å². The number of hydrogen-bond donors (Lipinski definition) is 1. The molecule has 5 rings (SSSR count). The number of fused-ring (bicyclic) bond motifs is 1. The van der Waals surface area contributed by atoms with Gasteiger partial charge in [0, 0.05) is 35.1 Å². The van der Waals surface area contributed by atoms with Gasteiger partial charge in [0.15, 0.2) is 10.8 Å². The zero-order valence-corrected chi connectivity index (χ0v) is 16.5. The van der Waals surface area contributed by atoms with Crippen molar-refractivity contribution in [2.75, 3.05) is 13.1 Å². The van der Waals surface area contributed by atoms with E-state index in [0.717, 1.165) is 35.8 Å². The molecular formula is C22H21N3O2S. The van der Waals surface area contributed by atoms with Crippen LogP contribution in [-0.4, -0.2) is 33.9 Å². The Morgan fingerprint density at radius 2 is 2.04 bits per heavy atom. The number of aromatic nitrogens is 2. The molecule has 0 atom stereocenters. The van der Waals surface area contributed by atoms with Crippen molar-refractivity contribution in [1.29, 1.82) is 0 Å². The van der Waals surface area contributed by atoms with Crippen molar-refractivity contribution in [2.45, 2.75) is 25.7 Å². The first-order chi connectivity index (χ1) is 13.7. The Balaban J connectivity index is 1.31. The topological polar surface area (TPSA) is 62.1 Å². The number of nitrogens with one attached hydrogen (secondary N) is 1. The Morgan fingerprint density at radius 3 is 2.82 bits per heavy atom. The number of H-pyrrole nitrogens is 1. The SMILES string of the molecule is Cc1sc(-c2ccco2)nc1C(=O)N1CCC(c2c[nH]c3ccccc23)CC1. The summed E-state index contributed by atoms with van der Waals surface area (Å²) >= 11 is 1.51. The highest BCUT2D eigenvalue weighted by molar-refractivity contribution is 7.15. The molecule has 0 unspecified atom stereocenters. The molecule has 6 heteroatoms. The third kappa shape index (κ3) is 2.94. The van der Waals surface area contributed by atoms with Crippen LogP contribution >= 0.6 is 11.3 Å². The molecule has 1 aliphatic heterocycles. The number of likely N-dealkylation sites (tertiary alicyclic amines) is 1. The molecular weight excluding hydrogens is 370 g/mol. The minimum absolute atomic E-state index is 0.0314. The van der Waals surface area contributed by atoms with E-state index < -0.39 is 0 Å². The molecule has 4 aromatic rings. The second kappa shape index (κ2) is 6.95. The molecule has 142 valence electrons. The third-order valence-corrected chi connectivity index (χ3v) is 6.56. The summed E-state index contributed by atoms with van der Waals surface area (Å²) in [6.07, 6.45) is 5.71. The van der Waals surface area contributed by atoms with Gasteiger partial charge in [0.2, 0.25) is 0 Å². The molecule has 1 amide bonds. The van der Waals surface area contributed by atoms with E-state index in [1.165, 1.54) is 27.8 Å². The lowest BCUT2D eigenvalue weighted by Gasteiger charge is -2.31. The van der Waals surface area contributed by atoms with Gasteiger partial charge < -0.3 is 14.3 Å². The first-order valence-electron chi connectivity index (χ1n) is 9.57. The Morgan fingerprint density at radius 1 is 1.21 bits per heavy atom. The highest BCUT2D eigenvalue weighted by atomic mass is 32.1. The van der Waals surface area contributed by atoms with Gasteiger partial charge in [-0.2, -0.15) is 0 Å². The number of benzene rings is 1. The number of furan rings is 1. The second-order valence-electron chi connectivity index (χ2n) is 7.26. The fraction of sp³-hybridized carbons (Fsp3) is 0.273. The number of carbonyl (C=O) groups is 1. The van der Waals surface area contributed by atoms with E-state index in [4.69, 9.17) is 4.42 Å². The molecule has 3 aromatic heterocycles. The Labute approximate surface area is 167 Å². The van der Waals surface area contributed by atoms with Crippen molar-refractivity contribution in [3.8, 4) is 10.8 Å². The van der Waals surface area contributed by atoms with E-state index >= 15 is 0 Å². The number of piperidine rings is 1. The van der Waals surface area contributed by atoms with E-state index in [-0.39, 0.29) is 5.91 Å². The van der Waals surface area contributed by atoms with Gasteiger partial charge in [-0.25, -0.2) is 4.98 Å². The molecule has 28 heavy (non-hydrogen) atoms. The zero-order chi connectivity index (χ0) is 19.1. The zero-order valence-electron chi connectivity index (χ0n) is 15.6. The molecule has 1 aliphatic rings. The van der Waals surface area contributed by atoms with E-state index in [2.05, 4.69) is 40.4 Å². The highest BCUT2D eigenvalue weighted by Crippen LogP contribution is 2.34. The molecule has 1 aromatic carbocycles. The third-order valence-electron chi connectivity index (χ3n) is 5.57. The van der Waals surface area contributed by atoms with Crippen LogP contribution in [0.3, 0.4) is 0 Å². The molecule has 1 saturated heterocycles. The number of rotatable bonds is 3. The van der Waals surface area contributed by atoms with Crippen LogP contribution in [0.1, 0.15) is 39.7 Å². The smallest absolute Gasteiger partial charge is 0.273 e. The quantitative estimate of drug-likeness (QED) is 0.521. The standard InChI is InChI=1S/C22H21N3O2S/c1-14-20(24-21(28-14)19-7-4-12-27-19)22(26)25-10-8-15(9-11-25)17-13-23-18-6-3-2-5-16(17)18/h2-7,12-13,15,23H,8-11H2,1H3. The summed E-state index contributed by atoms with van der Waals surface area (Å²) in [5.41, 5.74) is 3.11. The number of carbonyl (C=O) groups excluding carboxylic acids is 1. The van der Waals surface area contributed by atoms with Gasteiger partial charge in [0.1, 0.15) is 5.69 Å². The molecule has 1 N–H and O–H groups in total. The number of aryl methyl sites for hydroxylation is 1. The summed E-state index contributed by atoms with van der Waals surface area (Å²) in [6.45, 7) is 3.47. The highest BCUT2D eigenvalue weighted by Gasteiger charge is 2.28. The lowest BCUT2D eigenvalue weighted by Crippen LogP contribution is -2.38. The molecule has 0 aliphatic carbocycles. The first-order valence-corrected chi connectivity index (χ1v) is 10.4. The molecule has 0 spiro atoms. The number of thiazole rings is 1. The van der Waals surface area contributed by atoms with Crippen LogP contribution < -0.4 is 0 Å². The first kappa shape index (κ1) is 17.3. The van der Waals surface area contributed by atoms with Crippen LogP contribution in [0.5, 0.6) is 0 Å². The molecule has 0 radical (unpaired) electrons. The maximum Gasteiger partial charge on any atom is 0.273 e. The summed E-state index contributed by atoms with van der Waals surface area (Å²) < 4.78 is 5.42. The maximum absolute atomic E-state index is 13.0. The van der Waals surface area contributed by atoms with Crippen molar-refractivity contribution in [2.24, 2.45) is 0 Å². The van der Waals surface area contributed by atoms with Gasteiger partial charge >= 0.3 is 0 Å². The van der Waals surface area contributed by atoms with Crippen LogP contribution in [0.2, 0.25) is 0 Å². The van der Waals surface area contributed by atoms with Crippen molar-refractivity contribution >= 4 is 28.1 Å². The number of hydrogen-bond acceptors (Lipinski definition) is 4. The number of amides is 1. The summed E-state index contributed by atoms with van der Waals surface area (Å²) in [7, 11) is 0. The second-order valence-corrected chi connectivity index (χ2v) is 8.46. The average molecular weight is 391 g/mol. The summed E-state index contributed by atoms with van der Waals surface area (Å²) in [5, 5.41) is 2.06. The van der Waals surface area contributed by atoms with Crippen LogP contribution in [0.25, 0.3) is 21.7 Å². The molecule has 5 nitrogen and oxygen atoms in total. The van der Waals surface area contributed by atoms with Crippen molar-refractivity contribution < 1.29 is 9.21 Å². The van der Waals surface area contributed by atoms with Crippen LogP contribution in [-0.2, 0) is 0 Å². The van der Waals surface area contributed by atoms with E-state index in [0.29, 0.717) is 17.4 Å². The molecule has 4 heterocycles. The number of aromatic amines is 1. The summed E-state index contributed by atoms with van der Waals surface area (Å²) in [6, 6.07) is 12.1. The van der Waals surface area contributed by atoms with Gasteiger partial charge in [-0.15, -0.1) is 11.3 Å². The van der Waals surface area contributed by atoms with Crippen LogP contribution in [0.15, 0.2) is 53.3 Å². The maximum atomic E-state index is 13.0. The van der Waals surface area contributed by atoms with E-state index in [1.54, 1.807) is 6.26 Å². The van der Waals surface area contributed by atoms with Gasteiger partial charge in [-0.1, -0.05) is 18.2 Å². The lowest BCUT2D eigenvalue weighted by molar-refractivity contribution is 0.0707. The Bertz CT molecular complexity index is 1120. The fourth-order valence-corrected chi connectivity index (χ4v) is 4.95. The average Bonchev–Trinajstić information content (AvgIpc) is 3.47. The molecule has 1 fully saturated rings. The van der Waals surface area contributed by atoms with Crippen molar-refractivity contribution in [3.05, 3.63) is 65.0 Å². The summed E-state index contributed by atoms with van der Waals surface area (Å²) in [4.78, 5) is 23.9. The van der Waals surface area contributed by atoms with Gasteiger partial charge in [-0.05, 0) is 49.4 Å². The predicted molar refractivity (Wildman–Crippen MR) is 111 cm³/mol. The van der Waals surface area contributed by atoms with Gasteiger partial charge in [-0.3, -0.25) is 4.79 Å². The van der Waals surface area contributed by atoms with Crippen molar-refractivity contribution in [3.63, 3.8) is 0 Å².